The summed E-state index contributed by atoms with van der Waals surface area (Å²) in [6.07, 6.45) is 5.68. The lowest BCUT2D eigenvalue weighted by molar-refractivity contribution is -0.292. The average Bonchev–Trinajstić information content (AvgIpc) is 3.24. The summed E-state index contributed by atoms with van der Waals surface area (Å²) in [5, 5.41) is 6.00. The average molecular weight is 329 g/mol. The molecule has 0 amide bonds. The van der Waals surface area contributed by atoms with E-state index in [0.29, 0.717) is 25.5 Å². The Labute approximate surface area is 139 Å². The second-order valence-corrected chi connectivity index (χ2v) is 5.89. The zero-order valence-electron chi connectivity index (χ0n) is 13.7. The number of hydrogen-bond donors (Lipinski definition) is 0. The van der Waals surface area contributed by atoms with Crippen LogP contribution in [-0.2, 0) is 21.8 Å². The lowest BCUT2D eigenvalue weighted by atomic mass is 10.0. The minimum Gasteiger partial charge on any atom is -0.496 e. The van der Waals surface area contributed by atoms with Gasteiger partial charge in [-0.3, -0.25) is 0 Å². The van der Waals surface area contributed by atoms with Crippen molar-refractivity contribution >= 4 is 10.8 Å². The van der Waals surface area contributed by atoms with Gasteiger partial charge >= 0.3 is 0 Å². The molecule has 0 bridgehead atoms. The van der Waals surface area contributed by atoms with Crippen molar-refractivity contribution in [1.82, 2.24) is 14.8 Å². The summed E-state index contributed by atoms with van der Waals surface area (Å²) >= 11 is 0. The minimum atomic E-state index is -1.05. The molecule has 0 N–H and O–H groups in total. The Balaban J connectivity index is 1.88. The van der Waals surface area contributed by atoms with E-state index in [1.165, 1.54) is 6.33 Å². The molecular weight excluding hydrogens is 310 g/mol. The van der Waals surface area contributed by atoms with E-state index in [1.807, 2.05) is 13.0 Å². The van der Waals surface area contributed by atoms with Crippen molar-refractivity contribution in [1.29, 1.82) is 0 Å². The summed E-state index contributed by atoms with van der Waals surface area (Å²) in [7, 11) is 1.65. The molecule has 1 aromatic carbocycles. The maximum Gasteiger partial charge on any atom is 0.249 e. The summed E-state index contributed by atoms with van der Waals surface area (Å²) in [5.41, 5.74) is 1.10. The topological polar surface area (TPSA) is 71.5 Å². The van der Waals surface area contributed by atoms with Gasteiger partial charge < -0.3 is 18.6 Å². The van der Waals surface area contributed by atoms with Gasteiger partial charge in [-0.1, -0.05) is 0 Å². The van der Waals surface area contributed by atoms with E-state index >= 15 is 0 Å². The number of aryl methyl sites for hydroxylation is 1. The summed E-state index contributed by atoms with van der Waals surface area (Å²) in [6, 6.07) is 4.03. The molecule has 1 saturated heterocycles. The Hall–Kier alpha value is -2.38. The molecule has 3 aromatic rings. The number of furan rings is 1. The highest BCUT2D eigenvalue weighted by atomic mass is 16.7. The van der Waals surface area contributed by atoms with Crippen LogP contribution < -0.4 is 4.74 Å². The first-order valence-electron chi connectivity index (χ1n) is 7.88. The van der Waals surface area contributed by atoms with Gasteiger partial charge in [0.2, 0.25) is 5.79 Å². The summed E-state index contributed by atoms with van der Waals surface area (Å²) in [5.74, 6) is 0.296. The summed E-state index contributed by atoms with van der Waals surface area (Å²) in [4.78, 5) is 3.99. The first-order chi connectivity index (χ1) is 11.7. The molecule has 0 aliphatic carbocycles. The second-order valence-electron chi connectivity index (χ2n) is 5.89. The number of benzene rings is 1. The Morgan fingerprint density at radius 1 is 1.29 bits per heavy atom. The molecule has 0 saturated carbocycles. The second kappa shape index (κ2) is 5.92. The van der Waals surface area contributed by atoms with E-state index in [2.05, 4.69) is 16.1 Å². The van der Waals surface area contributed by atoms with E-state index in [0.717, 1.165) is 28.5 Å². The third-order valence-electron chi connectivity index (χ3n) is 4.17. The van der Waals surface area contributed by atoms with Crippen LogP contribution in [0.4, 0.5) is 0 Å². The quantitative estimate of drug-likeness (QED) is 0.733. The van der Waals surface area contributed by atoms with Gasteiger partial charge in [-0.05, 0) is 31.0 Å². The van der Waals surface area contributed by atoms with Crippen LogP contribution in [0.2, 0.25) is 0 Å². The molecule has 0 atom stereocenters. The van der Waals surface area contributed by atoms with Crippen molar-refractivity contribution in [2.24, 2.45) is 0 Å². The van der Waals surface area contributed by atoms with Gasteiger partial charge in [0.15, 0.2) is 5.76 Å². The van der Waals surface area contributed by atoms with E-state index < -0.39 is 5.79 Å². The highest BCUT2D eigenvalue weighted by Gasteiger charge is 2.43. The third-order valence-corrected chi connectivity index (χ3v) is 4.17. The lowest BCUT2D eigenvalue weighted by Crippen LogP contribution is -2.41. The van der Waals surface area contributed by atoms with Crippen LogP contribution >= 0.6 is 0 Å². The largest absolute Gasteiger partial charge is 0.496 e. The van der Waals surface area contributed by atoms with Crippen LogP contribution in [-0.4, -0.2) is 35.1 Å². The standard InChI is InChI=1S/C17H19N3O4/c1-12-6-13-8-22-16(15(13)14(7-12)21-2)17(23-4-3-5-24-17)9-20-11-18-10-19-20/h6-8,10-11H,3-5,9H2,1-2H3. The molecule has 126 valence electrons. The highest BCUT2D eigenvalue weighted by molar-refractivity contribution is 5.91. The van der Waals surface area contributed by atoms with Gasteiger partial charge in [-0.15, -0.1) is 0 Å². The van der Waals surface area contributed by atoms with Crippen molar-refractivity contribution in [2.75, 3.05) is 20.3 Å². The zero-order valence-corrected chi connectivity index (χ0v) is 13.7. The van der Waals surface area contributed by atoms with Crippen LogP contribution in [0.3, 0.4) is 0 Å². The van der Waals surface area contributed by atoms with Gasteiger partial charge in [-0.2, -0.15) is 5.10 Å². The van der Waals surface area contributed by atoms with E-state index in [1.54, 1.807) is 24.4 Å². The first-order valence-corrected chi connectivity index (χ1v) is 7.88. The van der Waals surface area contributed by atoms with E-state index in [9.17, 15) is 0 Å². The number of ether oxygens (including phenoxy) is 3. The van der Waals surface area contributed by atoms with Gasteiger partial charge in [-0.25, -0.2) is 9.67 Å². The molecule has 0 unspecified atom stereocenters. The van der Waals surface area contributed by atoms with Gasteiger partial charge in [0, 0.05) is 5.39 Å². The third kappa shape index (κ3) is 2.46. The molecule has 1 fully saturated rings. The van der Waals surface area contributed by atoms with E-state index in [4.69, 9.17) is 18.6 Å². The Kier molecular flexibility index (Phi) is 3.74. The van der Waals surface area contributed by atoms with Crippen LogP contribution in [0.15, 0.2) is 35.5 Å². The van der Waals surface area contributed by atoms with Gasteiger partial charge in [0.1, 0.15) is 24.9 Å². The SMILES string of the molecule is COc1cc(C)cc2coc(C3(Cn4cncn4)OCCCO3)c12. The Morgan fingerprint density at radius 2 is 2.12 bits per heavy atom. The highest BCUT2D eigenvalue weighted by Crippen LogP contribution is 2.42. The molecule has 3 heterocycles. The molecule has 2 aromatic heterocycles. The fourth-order valence-corrected chi connectivity index (χ4v) is 3.14. The summed E-state index contributed by atoms with van der Waals surface area (Å²) < 4.78 is 25.3. The fourth-order valence-electron chi connectivity index (χ4n) is 3.14. The summed E-state index contributed by atoms with van der Waals surface area (Å²) in [6.45, 7) is 3.55. The number of nitrogens with zero attached hydrogens (tertiary/aromatic N) is 3. The molecule has 0 radical (unpaired) electrons. The molecule has 7 heteroatoms. The van der Waals surface area contributed by atoms with Crippen LogP contribution in [0.1, 0.15) is 17.7 Å². The van der Waals surface area contributed by atoms with Crippen molar-refractivity contribution in [3.05, 3.63) is 42.4 Å². The van der Waals surface area contributed by atoms with Crippen molar-refractivity contribution in [2.45, 2.75) is 25.7 Å². The maximum atomic E-state index is 6.06. The van der Waals surface area contributed by atoms with Crippen LogP contribution in [0, 0.1) is 6.92 Å². The normalized spacial score (nSPS) is 17.2. The van der Waals surface area contributed by atoms with Crippen LogP contribution in [0.5, 0.6) is 5.75 Å². The Bertz CT molecular complexity index is 835. The molecule has 1 aliphatic heterocycles. The molecule has 1 aliphatic rings. The molecule has 24 heavy (non-hydrogen) atoms. The Morgan fingerprint density at radius 3 is 2.83 bits per heavy atom. The molecule has 0 spiro atoms. The van der Waals surface area contributed by atoms with Gasteiger partial charge in [0.25, 0.3) is 0 Å². The van der Waals surface area contributed by atoms with Gasteiger partial charge in [0.05, 0.1) is 32.0 Å². The number of hydrogen-bond acceptors (Lipinski definition) is 6. The van der Waals surface area contributed by atoms with Crippen molar-refractivity contribution in [3.8, 4) is 5.75 Å². The predicted octanol–water partition coefficient (Wildman–Crippen LogP) is 2.63. The smallest absolute Gasteiger partial charge is 0.249 e. The number of fused-ring (bicyclic) bond motifs is 1. The minimum absolute atomic E-state index is 0.354. The van der Waals surface area contributed by atoms with Crippen molar-refractivity contribution < 1.29 is 18.6 Å². The first kappa shape index (κ1) is 15.2. The van der Waals surface area contributed by atoms with Crippen LogP contribution in [0.25, 0.3) is 10.8 Å². The van der Waals surface area contributed by atoms with E-state index in [-0.39, 0.29) is 0 Å². The fraction of sp³-hybridized carbons (Fsp3) is 0.412. The zero-order chi connectivity index (χ0) is 16.6. The molecular formula is C17H19N3O4. The molecule has 7 nitrogen and oxygen atoms in total. The number of rotatable bonds is 4. The van der Waals surface area contributed by atoms with Crippen molar-refractivity contribution in [3.63, 3.8) is 0 Å². The number of aromatic nitrogens is 3. The maximum absolute atomic E-state index is 6.06. The lowest BCUT2D eigenvalue weighted by Gasteiger charge is -2.35. The monoisotopic (exact) mass is 329 g/mol. The predicted molar refractivity (Wildman–Crippen MR) is 85.7 cm³/mol. The molecule has 4 rings (SSSR count). The number of methoxy groups -OCH3 is 1.